The standard InChI is InChI=1S/C9H8INS/c1-5-6-4-9(11)12-8(6)3-2-7(5)10/h2-4H,11H2,1H3. The third-order valence-electron chi connectivity index (χ3n) is 1.92. The van der Waals surface area contributed by atoms with Crippen molar-refractivity contribution in [2.45, 2.75) is 6.92 Å². The van der Waals surface area contributed by atoms with Crippen molar-refractivity contribution in [2.24, 2.45) is 0 Å². The van der Waals surface area contributed by atoms with E-state index in [1.165, 1.54) is 19.2 Å². The highest BCUT2D eigenvalue weighted by molar-refractivity contribution is 14.1. The van der Waals surface area contributed by atoms with Crippen LogP contribution in [0.1, 0.15) is 5.56 Å². The molecule has 0 aliphatic heterocycles. The van der Waals surface area contributed by atoms with Crippen molar-refractivity contribution in [2.75, 3.05) is 5.73 Å². The number of fused-ring (bicyclic) bond motifs is 1. The van der Waals surface area contributed by atoms with Gasteiger partial charge in [0.15, 0.2) is 0 Å². The molecular formula is C9H8INS. The molecule has 0 fully saturated rings. The van der Waals surface area contributed by atoms with E-state index in [0.717, 1.165) is 5.00 Å². The highest BCUT2D eigenvalue weighted by atomic mass is 127. The Hall–Kier alpha value is -0.290. The molecule has 0 saturated heterocycles. The van der Waals surface area contributed by atoms with Crippen LogP contribution < -0.4 is 5.73 Å². The fraction of sp³-hybridized carbons (Fsp3) is 0.111. The van der Waals surface area contributed by atoms with Crippen molar-refractivity contribution in [3.63, 3.8) is 0 Å². The maximum absolute atomic E-state index is 5.73. The summed E-state index contributed by atoms with van der Waals surface area (Å²) < 4.78 is 2.59. The number of nitrogens with two attached hydrogens (primary N) is 1. The average Bonchev–Trinajstić information content (AvgIpc) is 2.39. The van der Waals surface area contributed by atoms with Crippen LogP contribution in [0.2, 0.25) is 0 Å². The smallest absolute Gasteiger partial charge is 0.0868 e. The lowest BCUT2D eigenvalue weighted by Crippen LogP contribution is -1.78. The minimum Gasteiger partial charge on any atom is -0.391 e. The number of halogens is 1. The minimum absolute atomic E-state index is 0.898. The summed E-state index contributed by atoms with van der Waals surface area (Å²) >= 11 is 3.99. The van der Waals surface area contributed by atoms with E-state index < -0.39 is 0 Å². The number of aryl methyl sites for hydroxylation is 1. The first-order valence-corrected chi connectivity index (χ1v) is 5.52. The summed E-state index contributed by atoms with van der Waals surface area (Å²) in [6, 6.07) is 6.32. The average molecular weight is 289 g/mol. The Kier molecular flexibility index (Phi) is 2.00. The summed E-state index contributed by atoms with van der Waals surface area (Å²) in [5.41, 5.74) is 7.06. The number of thiophene rings is 1. The van der Waals surface area contributed by atoms with E-state index in [2.05, 4.69) is 47.7 Å². The first-order chi connectivity index (χ1) is 5.68. The zero-order valence-corrected chi connectivity index (χ0v) is 9.57. The predicted octanol–water partition coefficient (Wildman–Crippen LogP) is 3.40. The van der Waals surface area contributed by atoms with Crippen molar-refractivity contribution in [3.05, 3.63) is 27.3 Å². The molecule has 1 nitrogen and oxygen atoms in total. The van der Waals surface area contributed by atoms with Gasteiger partial charge in [-0.2, -0.15) is 0 Å². The first-order valence-electron chi connectivity index (χ1n) is 3.62. The largest absolute Gasteiger partial charge is 0.391 e. The molecular weight excluding hydrogens is 281 g/mol. The topological polar surface area (TPSA) is 26.0 Å². The van der Waals surface area contributed by atoms with Gasteiger partial charge in [0.1, 0.15) is 0 Å². The number of hydrogen-bond acceptors (Lipinski definition) is 2. The summed E-state index contributed by atoms with van der Waals surface area (Å²) in [7, 11) is 0. The molecule has 0 aliphatic carbocycles. The normalized spacial score (nSPS) is 10.8. The van der Waals surface area contributed by atoms with E-state index in [9.17, 15) is 0 Å². The lowest BCUT2D eigenvalue weighted by atomic mass is 10.1. The Labute approximate surface area is 88.7 Å². The molecule has 62 valence electrons. The fourth-order valence-electron chi connectivity index (χ4n) is 1.24. The number of rotatable bonds is 0. The Bertz CT molecular complexity index is 433. The van der Waals surface area contributed by atoms with Gasteiger partial charge in [-0.1, -0.05) is 0 Å². The molecule has 0 bridgehead atoms. The highest BCUT2D eigenvalue weighted by Gasteiger charge is 2.03. The van der Waals surface area contributed by atoms with Crippen molar-refractivity contribution in [1.82, 2.24) is 0 Å². The molecule has 2 N–H and O–H groups in total. The van der Waals surface area contributed by atoms with Gasteiger partial charge in [-0.25, -0.2) is 0 Å². The Balaban J connectivity index is 2.89. The van der Waals surface area contributed by atoms with E-state index in [1.54, 1.807) is 11.3 Å². The van der Waals surface area contributed by atoms with Gasteiger partial charge in [0.25, 0.3) is 0 Å². The molecule has 0 aliphatic rings. The molecule has 1 aromatic carbocycles. The molecule has 2 rings (SSSR count). The second kappa shape index (κ2) is 2.88. The van der Waals surface area contributed by atoms with Gasteiger partial charge >= 0.3 is 0 Å². The van der Waals surface area contributed by atoms with Gasteiger partial charge in [0, 0.05) is 8.27 Å². The quantitative estimate of drug-likeness (QED) is 0.739. The van der Waals surface area contributed by atoms with E-state index in [4.69, 9.17) is 5.73 Å². The number of hydrogen-bond donors (Lipinski definition) is 1. The Morgan fingerprint density at radius 1 is 1.42 bits per heavy atom. The number of nitrogen functional groups attached to an aromatic ring is 1. The van der Waals surface area contributed by atoms with Gasteiger partial charge < -0.3 is 5.73 Å². The Morgan fingerprint density at radius 3 is 2.92 bits per heavy atom. The van der Waals surface area contributed by atoms with Crippen LogP contribution >= 0.6 is 33.9 Å². The monoisotopic (exact) mass is 289 g/mol. The molecule has 0 saturated carbocycles. The molecule has 0 unspecified atom stereocenters. The van der Waals surface area contributed by atoms with Crippen LogP contribution in [0, 0.1) is 10.5 Å². The van der Waals surface area contributed by atoms with Crippen LogP contribution in [0.25, 0.3) is 10.1 Å². The predicted molar refractivity (Wildman–Crippen MR) is 63.7 cm³/mol. The third kappa shape index (κ3) is 1.21. The second-order valence-corrected chi connectivity index (χ2v) is 5.01. The molecule has 1 aromatic heterocycles. The molecule has 1 heterocycles. The number of benzene rings is 1. The number of anilines is 1. The summed E-state index contributed by atoms with van der Waals surface area (Å²) in [5.74, 6) is 0. The SMILES string of the molecule is Cc1c(I)ccc2sc(N)cc12. The molecule has 0 spiro atoms. The first kappa shape index (κ1) is 8.31. The summed E-state index contributed by atoms with van der Waals surface area (Å²) in [4.78, 5) is 0. The lowest BCUT2D eigenvalue weighted by molar-refractivity contribution is 1.50. The molecule has 2 aromatic rings. The van der Waals surface area contributed by atoms with Crippen LogP contribution in [0.4, 0.5) is 5.00 Å². The van der Waals surface area contributed by atoms with Gasteiger partial charge in [-0.05, 0) is 58.7 Å². The van der Waals surface area contributed by atoms with E-state index in [1.807, 2.05) is 0 Å². The molecule has 0 atom stereocenters. The van der Waals surface area contributed by atoms with Crippen LogP contribution in [0.3, 0.4) is 0 Å². The lowest BCUT2D eigenvalue weighted by Gasteiger charge is -1.97. The van der Waals surface area contributed by atoms with Crippen LogP contribution in [-0.4, -0.2) is 0 Å². The fourth-order valence-corrected chi connectivity index (χ4v) is 2.60. The van der Waals surface area contributed by atoms with E-state index >= 15 is 0 Å². The minimum atomic E-state index is 0.898. The zero-order chi connectivity index (χ0) is 8.72. The molecule has 3 heteroatoms. The van der Waals surface area contributed by atoms with Crippen LogP contribution in [0.15, 0.2) is 18.2 Å². The second-order valence-electron chi connectivity index (χ2n) is 2.73. The molecule has 0 radical (unpaired) electrons. The van der Waals surface area contributed by atoms with E-state index in [0.29, 0.717) is 0 Å². The molecule has 12 heavy (non-hydrogen) atoms. The third-order valence-corrected chi connectivity index (χ3v) is 4.02. The van der Waals surface area contributed by atoms with Crippen molar-refractivity contribution in [3.8, 4) is 0 Å². The maximum atomic E-state index is 5.73. The van der Waals surface area contributed by atoms with Crippen molar-refractivity contribution >= 4 is 49.0 Å². The van der Waals surface area contributed by atoms with Gasteiger partial charge in [0.05, 0.1) is 5.00 Å². The Morgan fingerprint density at radius 2 is 2.17 bits per heavy atom. The summed E-state index contributed by atoms with van der Waals surface area (Å²) in [5, 5.41) is 2.19. The maximum Gasteiger partial charge on any atom is 0.0868 e. The van der Waals surface area contributed by atoms with E-state index in [-0.39, 0.29) is 0 Å². The van der Waals surface area contributed by atoms with Crippen LogP contribution in [0.5, 0.6) is 0 Å². The summed E-state index contributed by atoms with van der Waals surface area (Å²) in [6.07, 6.45) is 0. The zero-order valence-electron chi connectivity index (χ0n) is 6.60. The van der Waals surface area contributed by atoms with Crippen LogP contribution in [-0.2, 0) is 0 Å². The van der Waals surface area contributed by atoms with Gasteiger partial charge in [-0.3, -0.25) is 0 Å². The molecule has 0 amide bonds. The van der Waals surface area contributed by atoms with Crippen molar-refractivity contribution in [1.29, 1.82) is 0 Å². The van der Waals surface area contributed by atoms with Gasteiger partial charge in [-0.15, -0.1) is 11.3 Å². The summed E-state index contributed by atoms with van der Waals surface area (Å²) in [6.45, 7) is 2.14. The van der Waals surface area contributed by atoms with Crippen molar-refractivity contribution < 1.29 is 0 Å². The highest BCUT2D eigenvalue weighted by Crippen LogP contribution is 2.31. The van der Waals surface area contributed by atoms with Gasteiger partial charge in [0.2, 0.25) is 0 Å².